The van der Waals surface area contributed by atoms with Gasteiger partial charge in [-0.15, -0.1) is 8.53 Å². The third-order valence-corrected chi connectivity index (χ3v) is 13.1. The molecule has 744 valence electrons. The van der Waals surface area contributed by atoms with Crippen LogP contribution in [0.1, 0.15) is 100 Å². The number of unbranched alkanes of at least 4 members (excludes halogenated alkanes) is 4. The standard InChI is InChI=1S/C25H32O24.C13H16O16.C10H23P.C6H8O4.C5H8O8.C4H4O4.C4H6O3.CH4O2/c1-12(26)20(32)48-14(3)22(34)40-7-16(28)38-5-18(30)42-9-44-24(36)46-11-47-25(37)45-10-43-19(31)6-39-17(29)8-41-23(35)15(4)49-21(33)13(2)27;14-1-8(16)22-3-10(18)24-5-26-12(20)28-7-29-13(21)27-6-25-11(19)4-23-9(17)2-15;1-3-5-7-8-10-11-9-6-4-2;1-3-5(7)10-4(2)6(8)9-3;6-1-10-4(8)12-3-13-5(9)11-2-7;5-3-1-7-4(6)2-8-3;5-4-6-2-1-3-7-4;2-1-3/h12-15,26-27H,5-11H2,1-4H3;14-15H,1-7H2;11H,3-10H2,1-2H3;3-4H,1-2H3;6-7H,1-3H2;1-2H2;1-3H2;2-3H,1H2/i;;11T;;;;;. The van der Waals surface area contributed by atoms with Crippen molar-refractivity contribution < 1.29 is 293 Å². The molecule has 0 radical (unpaired) electrons. The molecule has 0 aliphatic carbocycles. The van der Waals surface area contributed by atoms with Gasteiger partial charge in [0.25, 0.3) is 0 Å². The van der Waals surface area contributed by atoms with Crippen LogP contribution in [-0.4, -0.2) is 377 Å². The highest BCUT2D eigenvalue weighted by molar-refractivity contribution is 7.37. The summed E-state index contributed by atoms with van der Waals surface area (Å²) >= 11 is 0. The number of hydrogen-bond acceptors (Lipinski definition) is 61. The molecule has 130 heavy (non-hydrogen) atoms. The summed E-state index contributed by atoms with van der Waals surface area (Å²) < 4.78 is 137. The van der Waals surface area contributed by atoms with Gasteiger partial charge in [0.15, 0.2) is 90.9 Å². The van der Waals surface area contributed by atoms with Crippen molar-refractivity contribution in [2.45, 2.75) is 137 Å². The molecule has 3 aliphatic heterocycles. The highest BCUT2D eigenvalue weighted by Gasteiger charge is 2.33. The van der Waals surface area contributed by atoms with E-state index in [4.69, 9.17) is 42.1 Å². The third-order valence-electron chi connectivity index (χ3n) is 11.8. The van der Waals surface area contributed by atoms with Crippen LogP contribution in [0.15, 0.2) is 0 Å². The zero-order valence-corrected chi connectivity index (χ0v) is 71.4. The lowest BCUT2D eigenvalue weighted by atomic mass is 10.2. The van der Waals surface area contributed by atoms with Gasteiger partial charge in [-0.3, -0.25) is 0 Å². The molecule has 0 aromatic carbocycles. The summed E-state index contributed by atoms with van der Waals surface area (Å²) in [5.74, 6) is -15.6. The number of esters is 16. The van der Waals surface area contributed by atoms with Gasteiger partial charge in [0, 0.05) is 6.42 Å². The largest absolute Gasteiger partial charge is 0.514 e. The topological polar surface area (TPSA) is 831 Å². The van der Waals surface area contributed by atoms with E-state index < -0.39 is 296 Å². The number of carbonyl (C=O) groups excluding carboxylic acids is 23. The molecule has 62 heteroatoms. The molecule has 0 amide bonds. The zero-order chi connectivity index (χ0) is 100. The van der Waals surface area contributed by atoms with E-state index in [0.29, 0.717) is 13.2 Å². The second-order valence-electron chi connectivity index (χ2n) is 22.1. The maximum atomic E-state index is 11.6. The van der Waals surface area contributed by atoms with Crippen LogP contribution < -0.4 is 0 Å². The summed E-state index contributed by atoms with van der Waals surface area (Å²) in [5.41, 5.74) is 0. The Labute approximate surface area is 736 Å². The molecule has 3 rings (SSSR count). The van der Waals surface area contributed by atoms with Crippen molar-refractivity contribution in [3.8, 4) is 0 Å². The van der Waals surface area contributed by atoms with Gasteiger partial charge in [0.2, 0.25) is 47.6 Å². The first-order valence-corrected chi connectivity index (χ1v) is 37.7. The quantitative estimate of drug-likeness (QED) is 0.00947. The predicted molar refractivity (Wildman–Crippen MR) is 394 cm³/mol. The summed E-state index contributed by atoms with van der Waals surface area (Å²) in [6.07, 6.45) is -5.12. The number of aliphatic hydroxyl groups is 8. The highest BCUT2D eigenvalue weighted by Crippen LogP contribution is 2.16. The minimum absolute atomic E-state index is 0.237. The smallest absolute Gasteiger partial charge is 0.452 e. The average molecular weight is 1930 g/mol. The molecule has 3 heterocycles. The normalized spacial score (nSPS) is 13.9. The maximum absolute atomic E-state index is 11.6. The van der Waals surface area contributed by atoms with E-state index in [1.807, 2.05) is 0 Å². The van der Waals surface area contributed by atoms with Gasteiger partial charge in [0.1, 0.15) is 32.2 Å². The van der Waals surface area contributed by atoms with Crippen LogP contribution in [0.5, 0.6) is 0 Å². The summed E-state index contributed by atoms with van der Waals surface area (Å²) in [4.78, 5) is 252. The fraction of sp³-hybridized carbons (Fsp3) is 0.662. The minimum atomic E-state index is -1.51. The Kier molecular flexibility index (Phi) is 77.9. The Hall–Kier alpha value is -13.5. The number of aliphatic hydroxyl groups excluding tert-OH is 7. The molecule has 7 unspecified atom stereocenters. The molecule has 0 saturated carbocycles. The van der Waals surface area contributed by atoms with Gasteiger partial charge in [-0.1, -0.05) is 39.5 Å². The summed E-state index contributed by atoms with van der Waals surface area (Å²) in [6.45, 7) is -4.14. The molecule has 61 nitrogen and oxygen atoms in total. The molecule has 0 aromatic rings. The fourth-order valence-corrected chi connectivity index (χ4v) is 6.99. The van der Waals surface area contributed by atoms with Crippen molar-refractivity contribution in [2.24, 2.45) is 0 Å². The van der Waals surface area contributed by atoms with Gasteiger partial charge in [-0.25, -0.2) is 110 Å². The van der Waals surface area contributed by atoms with Gasteiger partial charge >= 0.3 is 139 Å². The van der Waals surface area contributed by atoms with Crippen molar-refractivity contribution in [1.29, 1.82) is 1.28 Å². The number of ether oxygens (including phenoxy) is 30. The van der Waals surface area contributed by atoms with E-state index in [1.165, 1.54) is 64.7 Å². The van der Waals surface area contributed by atoms with Gasteiger partial charge in [0.05, 0.1) is 14.5 Å². The van der Waals surface area contributed by atoms with Crippen LogP contribution in [-0.2, 0) is 219 Å². The van der Waals surface area contributed by atoms with Crippen molar-refractivity contribution in [1.82, 2.24) is 0 Å². The predicted octanol–water partition coefficient (Wildman–Crippen LogP) is -4.01. The molecular formula is C68H101O61P. The fourth-order valence-electron chi connectivity index (χ4n) is 5.78. The van der Waals surface area contributed by atoms with Crippen molar-refractivity contribution >= 4 is 147 Å². The van der Waals surface area contributed by atoms with Crippen molar-refractivity contribution in [3.63, 3.8) is 0 Å². The Morgan fingerprint density at radius 2 is 0.615 bits per heavy atom. The summed E-state index contributed by atoms with van der Waals surface area (Å²) in [7, 11) is -0.353. The first-order valence-electron chi connectivity index (χ1n) is 36.9. The number of rotatable bonds is 44. The lowest BCUT2D eigenvalue weighted by Crippen LogP contribution is -2.40. The lowest BCUT2D eigenvalue weighted by molar-refractivity contribution is -0.191. The summed E-state index contributed by atoms with van der Waals surface area (Å²) in [6, 6.07) is 0. The molecular weight excluding hydrogens is 1820 g/mol. The Balaban J connectivity index is -0.000000535. The third kappa shape index (κ3) is 81.6. The van der Waals surface area contributed by atoms with Crippen LogP contribution in [0.25, 0.3) is 0 Å². The number of carbonyl (C=O) groups is 23. The number of hydrogen-bond donors (Lipinski definition) is 8. The molecule has 3 saturated heterocycles. The van der Waals surface area contributed by atoms with E-state index in [9.17, 15) is 110 Å². The second kappa shape index (κ2) is 82.5. The SMILES string of the molecule is CC(O)C(=O)OC(C)C(=O)OCC(=O)OCC(=O)OCOC(=O)OCOC(=O)OCOC(=O)COC(=O)COC(=O)C(C)OC(=O)C(C)O.CC1OC(=O)C(C)OC1=O.O=C(CO)OCC(=O)OCOC(=O)OCOC(=O)OCOC(=O)COC(=O)CO.O=C(OCO)OCOC(=O)OCO.O=C1COC(=O)CO1.O=C1OCCCO1.OCO.[3H]P(CCCC)CCCCCC. The minimum Gasteiger partial charge on any atom is -0.452 e. The van der Waals surface area contributed by atoms with Gasteiger partial charge in [-0.2, -0.15) is 0 Å². The molecule has 3 fully saturated rings. The Bertz CT molecular complexity index is 3260. The molecule has 0 bridgehead atoms. The molecule has 0 spiro atoms. The zero-order valence-electron chi connectivity index (χ0n) is 71.5. The first kappa shape index (κ1) is 123. The van der Waals surface area contributed by atoms with Gasteiger partial charge < -0.3 is 183 Å². The van der Waals surface area contributed by atoms with E-state index in [-0.39, 0.29) is 21.7 Å². The summed E-state index contributed by atoms with van der Waals surface area (Å²) in [5, 5.41) is 65.0. The average Bonchev–Trinajstić information content (AvgIpc) is 0.868. The molecule has 3 aliphatic rings. The van der Waals surface area contributed by atoms with E-state index in [1.54, 1.807) is 0 Å². The Morgan fingerprint density at radius 1 is 0.354 bits per heavy atom. The van der Waals surface area contributed by atoms with E-state index in [2.05, 4.69) is 156 Å². The van der Waals surface area contributed by atoms with Crippen molar-refractivity contribution in [3.05, 3.63) is 0 Å². The Morgan fingerprint density at radius 3 is 0.869 bits per heavy atom. The van der Waals surface area contributed by atoms with Crippen LogP contribution in [0.3, 0.4) is 0 Å². The van der Waals surface area contributed by atoms with Crippen LogP contribution in [0.2, 0.25) is 0 Å². The molecule has 0 aromatic heterocycles. The lowest BCUT2D eigenvalue weighted by Gasteiger charge is -2.22. The van der Waals surface area contributed by atoms with Crippen LogP contribution in [0, 0.1) is 0 Å². The monoisotopic (exact) mass is 1930 g/mol. The highest BCUT2D eigenvalue weighted by atomic mass is 31.1. The van der Waals surface area contributed by atoms with E-state index >= 15 is 0 Å². The number of cyclic esters (lactones) is 6. The van der Waals surface area contributed by atoms with Gasteiger partial charge in [-0.05, 0) is 66.7 Å². The first-order chi connectivity index (χ1) is 61.9. The van der Waals surface area contributed by atoms with Crippen LogP contribution >= 0.6 is 8.53 Å². The van der Waals surface area contributed by atoms with Crippen molar-refractivity contribution in [2.75, 3.05) is 160 Å². The molecule has 7 atom stereocenters. The maximum Gasteiger partial charge on any atom is 0.514 e. The molecule has 8 N–H and O–H groups in total. The second-order valence-corrected chi connectivity index (χ2v) is 23.4. The van der Waals surface area contributed by atoms with E-state index in [0.717, 1.165) is 34.1 Å². The van der Waals surface area contributed by atoms with Crippen LogP contribution in [0.4, 0.5) is 33.6 Å².